The lowest BCUT2D eigenvalue weighted by molar-refractivity contribution is -0.146. The number of carboxylic acids is 2. The summed E-state index contributed by atoms with van der Waals surface area (Å²) in [6.07, 6.45) is 9.36. The molecule has 1 aromatic heterocycles. The Morgan fingerprint density at radius 3 is 1.89 bits per heavy atom. The first-order valence-corrected chi connectivity index (χ1v) is 9.41. The van der Waals surface area contributed by atoms with Gasteiger partial charge in [0.15, 0.2) is 5.76 Å². The third kappa shape index (κ3) is 5.32. The molecule has 8 nitrogen and oxygen atoms in total. The van der Waals surface area contributed by atoms with Gasteiger partial charge in [0.05, 0.1) is 6.26 Å². The van der Waals surface area contributed by atoms with E-state index in [4.69, 9.17) is 15.3 Å². The van der Waals surface area contributed by atoms with Crippen molar-refractivity contribution >= 4 is 17.8 Å². The van der Waals surface area contributed by atoms with Crippen LogP contribution in [-0.2, 0) is 9.59 Å². The molecule has 0 aliphatic heterocycles. The Morgan fingerprint density at radius 2 is 1.48 bits per heavy atom. The van der Waals surface area contributed by atoms with Crippen molar-refractivity contribution in [2.24, 2.45) is 5.73 Å². The van der Waals surface area contributed by atoms with Crippen LogP contribution in [0, 0.1) is 0 Å². The van der Waals surface area contributed by atoms with Gasteiger partial charge in [0.25, 0.3) is 5.91 Å². The van der Waals surface area contributed by atoms with Crippen molar-refractivity contribution in [3.05, 3.63) is 24.2 Å². The van der Waals surface area contributed by atoms with Crippen molar-refractivity contribution in [1.82, 2.24) is 5.32 Å². The first kappa shape index (κ1) is 21.0. The fourth-order valence-electron chi connectivity index (χ4n) is 3.63. The van der Waals surface area contributed by atoms with E-state index in [0.29, 0.717) is 25.7 Å². The molecular formula is C19H28N2O6. The molecular weight excluding hydrogens is 352 g/mol. The van der Waals surface area contributed by atoms with Gasteiger partial charge in [0.2, 0.25) is 0 Å². The second kappa shape index (κ2) is 9.03. The molecule has 5 N–H and O–H groups in total. The molecule has 0 saturated heterocycles. The molecule has 2 aliphatic rings. The number of nitrogens with one attached hydrogen (secondary N) is 1. The summed E-state index contributed by atoms with van der Waals surface area (Å²) in [6, 6.07) is 3.12. The average Bonchev–Trinajstić information content (AvgIpc) is 3.18. The summed E-state index contributed by atoms with van der Waals surface area (Å²) in [5, 5.41) is 20.6. The van der Waals surface area contributed by atoms with Crippen molar-refractivity contribution in [1.29, 1.82) is 0 Å². The number of aliphatic carboxylic acids is 2. The monoisotopic (exact) mass is 380 g/mol. The van der Waals surface area contributed by atoms with E-state index in [2.05, 4.69) is 5.32 Å². The Hall–Kier alpha value is -2.35. The molecule has 0 atom stereocenters. The number of furan rings is 1. The molecule has 1 heterocycles. The van der Waals surface area contributed by atoms with E-state index in [0.717, 1.165) is 38.5 Å². The Balaban J connectivity index is 0.000000223. The maximum Gasteiger partial charge on any atom is 0.329 e. The number of hydrogen-bond donors (Lipinski definition) is 4. The molecule has 0 radical (unpaired) electrons. The zero-order valence-electron chi connectivity index (χ0n) is 15.4. The maximum absolute atomic E-state index is 11.8. The predicted octanol–water partition coefficient (Wildman–Crippen LogP) is 2.53. The van der Waals surface area contributed by atoms with Crippen LogP contribution >= 0.6 is 0 Å². The van der Waals surface area contributed by atoms with Gasteiger partial charge in [-0.15, -0.1) is 0 Å². The van der Waals surface area contributed by atoms with E-state index in [9.17, 15) is 19.5 Å². The smallest absolute Gasteiger partial charge is 0.329 e. The molecule has 27 heavy (non-hydrogen) atoms. The van der Waals surface area contributed by atoms with Gasteiger partial charge < -0.3 is 25.7 Å². The summed E-state index contributed by atoms with van der Waals surface area (Å²) < 4.78 is 4.96. The van der Waals surface area contributed by atoms with Gasteiger partial charge >= 0.3 is 11.9 Å². The first-order valence-electron chi connectivity index (χ1n) is 9.41. The highest BCUT2D eigenvalue weighted by molar-refractivity contribution is 5.95. The lowest BCUT2D eigenvalue weighted by Gasteiger charge is -2.33. The van der Waals surface area contributed by atoms with Crippen molar-refractivity contribution in [2.75, 3.05) is 0 Å². The van der Waals surface area contributed by atoms with E-state index in [-0.39, 0.29) is 5.76 Å². The second-order valence-electron chi connectivity index (χ2n) is 7.40. The highest BCUT2D eigenvalue weighted by Gasteiger charge is 2.41. The average molecular weight is 380 g/mol. The zero-order chi connectivity index (χ0) is 19.9. The summed E-state index contributed by atoms with van der Waals surface area (Å²) in [7, 11) is 0. The van der Waals surface area contributed by atoms with E-state index >= 15 is 0 Å². The molecule has 1 amide bonds. The van der Waals surface area contributed by atoms with E-state index in [1.165, 1.54) is 12.3 Å². The van der Waals surface area contributed by atoms with Gasteiger partial charge in [-0.05, 0) is 37.8 Å². The Bertz CT molecular complexity index is 643. The van der Waals surface area contributed by atoms with Gasteiger partial charge in [-0.1, -0.05) is 38.5 Å². The third-order valence-corrected chi connectivity index (χ3v) is 5.39. The number of hydrogen-bond acceptors (Lipinski definition) is 5. The van der Waals surface area contributed by atoms with E-state index < -0.39 is 28.9 Å². The number of carbonyl (C=O) groups excluding carboxylic acids is 1. The highest BCUT2D eigenvalue weighted by Crippen LogP contribution is 2.29. The molecule has 0 unspecified atom stereocenters. The minimum atomic E-state index is -1.12. The van der Waals surface area contributed by atoms with E-state index in [1.807, 2.05) is 0 Å². The van der Waals surface area contributed by atoms with Crippen LogP contribution in [0.5, 0.6) is 0 Å². The summed E-state index contributed by atoms with van der Waals surface area (Å²) >= 11 is 0. The fraction of sp³-hybridized carbons (Fsp3) is 0.632. The van der Waals surface area contributed by atoms with Crippen LogP contribution in [0.25, 0.3) is 0 Å². The molecule has 2 aliphatic carbocycles. The highest BCUT2D eigenvalue weighted by atomic mass is 16.4. The molecule has 150 valence electrons. The fourth-order valence-corrected chi connectivity index (χ4v) is 3.63. The molecule has 8 heteroatoms. The standard InChI is InChI=1S/C12H15NO4.C7H13NO2/c14-10(9-5-4-8-17-9)13-12(11(15)16)6-2-1-3-7-12;8-7(6(9)10)4-2-1-3-5-7/h4-5,8H,1-3,6-7H2,(H,13,14)(H,15,16);1-5,8H2,(H,9,10). The summed E-state index contributed by atoms with van der Waals surface area (Å²) in [4.78, 5) is 33.7. The number of carboxylic acid groups (broad SMARTS) is 2. The van der Waals surface area contributed by atoms with Gasteiger partial charge in [-0.3, -0.25) is 9.59 Å². The van der Waals surface area contributed by atoms with Crippen LogP contribution in [-0.4, -0.2) is 39.1 Å². The van der Waals surface area contributed by atoms with Gasteiger partial charge in [0, 0.05) is 0 Å². The molecule has 2 saturated carbocycles. The quantitative estimate of drug-likeness (QED) is 0.628. The Kier molecular flexibility index (Phi) is 7.01. The Morgan fingerprint density at radius 1 is 0.926 bits per heavy atom. The number of rotatable bonds is 4. The van der Waals surface area contributed by atoms with Crippen molar-refractivity contribution in [3.63, 3.8) is 0 Å². The molecule has 3 rings (SSSR count). The molecule has 2 fully saturated rings. The lowest BCUT2D eigenvalue weighted by Crippen LogP contribution is -2.55. The molecule has 0 aromatic carbocycles. The predicted molar refractivity (Wildman–Crippen MR) is 97.3 cm³/mol. The van der Waals surface area contributed by atoms with Crippen molar-refractivity contribution < 1.29 is 29.0 Å². The van der Waals surface area contributed by atoms with Crippen LogP contribution in [0.2, 0.25) is 0 Å². The zero-order valence-corrected chi connectivity index (χ0v) is 15.4. The van der Waals surface area contributed by atoms with Crippen molar-refractivity contribution in [3.8, 4) is 0 Å². The van der Waals surface area contributed by atoms with Crippen molar-refractivity contribution in [2.45, 2.75) is 75.3 Å². The maximum atomic E-state index is 11.8. The summed E-state index contributed by atoms with van der Waals surface area (Å²) in [5.74, 6) is -2.11. The second-order valence-corrected chi connectivity index (χ2v) is 7.40. The summed E-state index contributed by atoms with van der Waals surface area (Å²) in [5.41, 5.74) is 3.57. The Labute approximate surface area is 158 Å². The van der Waals surface area contributed by atoms with Gasteiger partial charge in [-0.2, -0.15) is 0 Å². The molecule has 0 spiro atoms. The van der Waals surface area contributed by atoms with Gasteiger partial charge in [0.1, 0.15) is 11.1 Å². The minimum Gasteiger partial charge on any atom is -0.480 e. The van der Waals surface area contributed by atoms with Crippen LogP contribution in [0.15, 0.2) is 22.8 Å². The lowest BCUT2D eigenvalue weighted by atomic mass is 9.81. The van der Waals surface area contributed by atoms with Crippen LogP contribution in [0.1, 0.15) is 74.8 Å². The third-order valence-electron chi connectivity index (χ3n) is 5.39. The van der Waals surface area contributed by atoms with Crippen LogP contribution < -0.4 is 11.1 Å². The SMILES string of the molecule is NC1(C(=O)O)CCCCC1.O=C(NC1(C(=O)O)CCCCC1)c1ccco1. The largest absolute Gasteiger partial charge is 0.480 e. The number of nitrogens with two attached hydrogens (primary N) is 1. The minimum absolute atomic E-state index is 0.149. The number of amides is 1. The van der Waals surface area contributed by atoms with E-state index in [1.54, 1.807) is 6.07 Å². The molecule has 1 aromatic rings. The normalized spacial score (nSPS) is 20.6. The first-order chi connectivity index (χ1) is 12.8. The summed E-state index contributed by atoms with van der Waals surface area (Å²) in [6.45, 7) is 0. The molecule has 0 bridgehead atoms. The number of carbonyl (C=O) groups is 3. The topological polar surface area (TPSA) is 143 Å². The van der Waals surface area contributed by atoms with Gasteiger partial charge in [-0.25, -0.2) is 4.79 Å². The van der Waals surface area contributed by atoms with Crippen LogP contribution in [0.3, 0.4) is 0 Å². The van der Waals surface area contributed by atoms with Crippen LogP contribution in [0.4, 0.5) is 0 Å².